The van der Waals surface area contributed by atoms with Crippen LogP contribution in [0.5, 0.6) is 0 Å². The lowest BCUT2D eigenvalue weighted by molar-refractivity contribution is 0.0752. The van der Waals surface area contributed by atoms with Crippen molar-refractivity contribution in [2.24, 2.45) is 7.05 Å². The number of rotatable bonds is 5. The summed E-state index contributed by atoms with van der Waals surface area (Å²) >= 11 is 0. The van der Waals surface area contributed by atoms with Crippen LogP contribution >= 0.6 is 0 Å². The van der Waals surface area contributed by atoms with E-state index in [0.717, 1.165) is 57.5 Å². The second kappa shape index (κ2) is 9.86. The van der Waals surface area contributed by atoms with Gasteiger partial charge in [-0.3, -0.25) is 19.2 Å². The van der Waals surface area contributed by atoms with Crippen molar-refractivity contribution in [3.8, 4) is 0 Å². The number of aryl methyl sites for hydroxylation is 1. The summed E-state index contributed by atoms with van der Waals surface area (Å²) in [4.78, 5) is 29.8. The molecule has 2 aliphatic heterocycles. The summed E-state index contributed by atoms with van der Waals surface area (Å²) in [6.07, 6.45) is 5.46. The fourth-order valence-corrected chi connectivity index (χ4v) is 4.74. The third-order valence-electron chi connectivity index (χ3n) is 6.46. The zero-order valence-corrected chi connectivity index (χ0v) is 19.6. The lowest BCUT2D eigenvalue weighted by Gasteiger charge is -2.28. The predicted octanol–water partition coefficient (Wildman–Crippen LogP) is 3.13. The van der Waals surface area contributed by atoms with Crippen LogP contribution in [0.25, 0.3) is 0 Å². The van der Waals surface area contributed by atoms with Gasteiger partial charge in [-0.15, -0.1) is 0 Å². The molecule has 0 saturated carbocycles. The number of hydrogen-bond donors (Lipinski definition) is 1. The molecule has 0 unspecified atom stereocenters. The third-order valence-corrected chi connectivity index (χ3v) is 6.46. The summed E-state index contributed by atoms with van der Waals surface area (Å²) in [6, 6.07) is 7.95. The average Bonchev–Trinajstić information content (AvgIpc) is 2.94. The number of amides is 2. The Bertz CT molecular complexity index is 955. The number of carbonyl (C=O) groups excluding carboxylic acids is 2. The SMILES string of the molecule is CC(C)NC(=O)c1ccc(CN2CCc3c(c(C(=O)N4CCCCCC4)nn3C)C2)cc1. The summed E-state index contributed by atoms with van der Waals surface area (Å²) in [5, 5.41) is 7.57. The Morgan fingerprint density at radius 1 is 1.03 bits per heavy atom. The van der Waals surface area contributed by atoms with Crippen molar-refractivity contribution in [1.82, 2.24) is 24.9 Å². The van der Waals surface area contributed by atoms with Gasteiger partial charge in [0.25, 0.3) is 11.8 Å². The molecular formula is C25H35N5O2. The van der Waals surface area contributed by atoms with E-state index in [1.807, 2.05) is 54.7 Å². The fraction of sp³-hybridized carbons (Fsp3) is 0.560. The molecule has 1 aromatic carbocycles. The average molecular weight is 438 g/mol. The number of carbonyl (C=O) groups is 2. The van der Waals surface area contributed by atoms with Gasteiger partial charge in [0.1, 0.15) is 0 Å². The van der Waals surface area contributed by atoms with Gasteiger partial charge >= 0.3 is 0 Å². The van der Waals surface area contributed by atoms with E-state index in [1.165, 1.54) is 24.1 Å². The minimum absolute atomic E-state index is 0.0406. The van der Waals surface area contributed by atoms with Gasteiger partial charge in [-0.2, -0.15) is 5.10 Å². The highest BCUT2D eigenvalue weighted by molar-refractivity contribution is 5.94. The largest absolute Gasteiger partial charge is 0.350 e. The van der Waals surface area contributed by atoms with E-state index >= 15 is 0 Å². The van der Waals surface area contributed by atoms with E-state index in [4.69, 9.17) is 0 Å². The van der Waals surface area contributed by atoms with Crippen LogP contribution in [0.15, 0.2) is 24.3 Å². The van der Waals surface area contributed by atoms with Crippen molar-refractivity contribution < 1.29 is 9.59 Å². The molecule has 32 heavy (non-hydrogen) atoms. The van der Waals surface area contributed by atoms with Gasteiger partial charge in [-0.05, 0) is 44.4 Å². The number of likely N-dealkylation sites (tertiary alicyclic amines) is 1. The maximum Gasteiger partial charge on any atom is 0.274 e. The monoisotopic (exact) mass is 437 g/mol. The molecule has 0 bridgehead atoms. The molecular weight excluding hydrogens is 402 g/mol. The molecule has 1 fully saturated rings. The Hall–Kier alpha value is -2.67. The molecule has 2 aromatic rings. The van der Waals surface area contributed by atoms with Crippen molar-refractivity contribution >= 4 is 11.8 Å². The van der Waals surface area contributed by atoms with E-state index in [0.29, 0.717) is 11.3 Å². The van der Waals surface area contributed by atoms with Gasteiger partial charge in [0.2, 0.25) is 0 Å². The van der Waals surface area contributed by atoms with Crippen LogP contribution in [0.4, 0.5) is 0 Å². The summed E-state index contributed by atoms with van der Waals surface area (Å²) in [6.45, 7) is 8.04. The summed E-state index contributed by atoms with van der Waals surface area (Å²) < 4.78 is 1.90. The molecule has 1 aromatic heterocycles. The van der Waals surface area contributed by atoms with Crippen LogP contribution in [0.2, 0.25) is 0 Å². The fourth-order valence-electron chi connectivity index (χ4n) is 4.74. The smallest absolute Gasteiger partial charge is 0.274 e. The number of hydrogen-bond acceptors (Lipinski definition) is 4. The topological polar surface area (TPSA) is 70.5 Å². The van der Waals surface area contributed by atoms with E-state index in [-0.39, 0.29) is 17.9 Å². The molecule has 0 spiro atoms. The quantitative estimate of drug-likeness (QED) is 0.780. The summed E-state index contributed by atoms with van der Waals surface area (Å²) in [7, 11) is 1.95. The zero-order valence-electron chi connectivity index (χ0n) is 19.6. The van der Waals surface area contributed by atoms with E-state index in [1.54, 1.807) is 0 Å². The van der Waals surface area contributed by atoms with Crippen LogP contribution in [0.1, 0.15) is 77.2 Å². The Kier molecular flexibility index (Phi) is 6.94. The van der Waals surface area contributed by atoms with Gasteiger partial charge in [-0.25, -0.2) is 0 Å². The molecule has 4 rings (SSSR count). The second-order valence-electron chi connectivity index (χ2n) is 9.39. The minimum atomic E-state index is -0.0406. The van der Waals surface area contributed by atoms with Crippen molar-refractivity contribution in [1.29, 1.82) is 0 Å². The van der Waals surface area contributed by atoms with Crippen LogP contribution in [-0.4, -0.2) is 57.1 Å². The highest BCUT2D eigenvalue weighted by Crippen LogP contribution is 2.25. The number of nitrogens with zero attached hydrogens (tertiary/aromatic N) is 4. The van der Waals surface area contributed by atoms with E-state index in [9.17, 15) is 9.59 Å². The van der Waals surface area contributed by atoms with E-state index in [2.05, 4.69) is 15.3 Å². The summed E-state index contributed by atoms with van der Waals surface area (Å²) in [5.74, 6) is 0.0484. The molecule has 7 nitrogen and oxygen atoms in total. The van der Waals surface area contributed by atoms with Crippen LogP contribution in [0, 0.1) is 0 Å². The highest BCUT2D eigenvalue weighted by atomic mass is 16.2. The van der Waals surface area contributed by atoms with Crippen LogP contribution in [-0.2, 0) is 26.6 Å². The molecule has 3 heterocycles. The zero-order chi connectivity index (χ0) is 22.7. The highest BCUT2D eigenvalue weighted by Gasteiger charge is 2.29. The molecule has 172 valence electrons. The van der Waals surface area contributed by atoms with Crippen LogP contribution < -0.4 is 5.32 Å². The van der Waals surface area contributed by atoms with Crippen molar-refractivity contribution in [2.45, 2.75) is 65.1 Å². The molecule has 7 heteroatoms. The number of fused-ring (bicyclic) bond motifs is 1. The Balaban J connectivity index is 1.45. The van der Waals surface area contributed by atoms with Gasteiger partial charge in [0.05, 0.1) is 0 Å². The van der Waals surface area contributed by atoms with Gasteiger partial charge in [0.15, 0.2) is 5.69 Å². The Morgan fingerprint density at radius 3 is 2.38 bits per heavy atom. The van der Waals surface area contributed by atoms with Gasteiger partial charge in [-0.1, -0.05) is 25.0 Å². The molecule has 1 saturated heterocycles. The maximum absolute atomic E-state index is 13.3. The molecule has 0 aliphatic carbocycles. The minimum Gasteiger partial charge on any atom is -0.350 e. The Morgan fingerprint density at radius 2 is 1.72 bits per heavy atom. The van der Waals surface area contributed by atoms with Crippen molar-refractivity contribution in [3.63, 3.8) is 0 Å². The lowest BCUT2D eigenvalue weighted by atomic mass is 10.0. The first kappa shape index (κ1) is 22.5. The standard InChI is InChI=1S/C25H35N5O2/c1-18(2)26-24(31)20-10-8-19(9-11-20)16-29-15-12-22-21(17-29)23(27-28(22)3)25(32)30-13-6-4-5-7-14-30/h8-11,18H,4-7,12-17H2,1-3H3,(H,26,31). The third kappa shape index (κ3) is 5.04. The predicted molar refractivity (Wildman–Crippen MR) is 124 cm³/mol. The first-order valence-corrected chi connectivity index (χ1v) is 11.9. The number of aromatic nitrogens is 2. The first-order chi connectivity index (χ1) is 15.4. The number of nitrogens with one attached hydrogen (secondary N) is 1. The van der Waals surface area contributed by atoms with Gasteiger partial charge in [0, 0.05) is 69.1 Å². The maximum atomic E-state index is 13.3. The lowest BCUT2D eigenvalue weighted by Crippen LogP contribution is -2.35. The molecule has 0 radical (unpaired) electrons. The molecule has 0 atom stereocenters. The second-order valence-corrected chi connectivity index (χ2v) is 9.39. The molecule has 2 amide bonds. The van der Waals surface area contributed by atoms with Crippen molar-refractivity contribution in [2.75, 3.05) is 19.6 Å². The Labute approximate surface area is 190 Å². The van der Waals surface area contributed by atoms with E-state index < -0.39 is 0 Å². The molecule has 2 aliphatic rings. The number of benzene rings is 1. The molecule has 1 N–H and O–H groups in total. The van der Waals surface area contributed by atoms with Crippen molar-refractivity contribution in [3.05, 3.63) is 52.3 Å². The normalized spacial score (nSPS) is 17.2. The first-order valence-electron chi connectivity index (χ1n) is 11.9. The van der Waals surface area contributed by atoms with Gasteiger partial charge < -0.3 is 10.2 Å². The van der Waals surface area contributed by atoms with Crippen LogP contribution in [0.3, 0.4) is 0 Å². The summed E-state index contributed by atoms with van der Waals surface area (Å²) in [5.41, 5.74) is 4.75.